The van der Waals surface area contributed by atoms with Gasteiger partial charge >= 0.3 is 5.69 Å². The summed E-state index contributed by atoms with van der Waals surface area (Å²) in [5.41, 5.74) is 1.06. The van der Waals surface area contributed by atoms with E-state index in [0.717, 1.165) is 0 Å². The smallest absolute Gasteiger partial charge is 0.311 e. The van der Waals surface area contributed by atoms with Crippen molar-refractivity contribution in [3.05, 3.63) is 46.6 Å². The molecule has 0 spiro atoms. The van der Waals surface area contributed by atoms with E-state index in [9.17, 15) is 19.7 Å². The number of carbonyl (C=O) groups is 2. The van der Waals surface area contributed by atoms with Crippen LogP contribution in [0.2, 0.25) is 0 Å². The summed E-state index contributed by atoms with van der Waals surface area (Å²) in [7, 11) is 0. The van der Waals surface area contributed by atoms with Gasteiger partial charge in [0.25, 0.3) is 5.91 Å². The van der Waals surface area contributed by atoms with Crippen molar-refractivity contribution >= 4 is 34.7 Å². The molecule has 0 saturated carbocycles. The fraction of sp³-hybridized carbons (Fsp3) is 0.316. The van der Waals surface area contributed by atoms with Gasteiger partial charge in [-0.05, 0) is 37.1 Å². The molecule has 10 nitrogen and oxygen atoms in total. The standard InChI is InChI=1S/C19H19N5O5/c25-17-11-29-16-4-3-13(10-14(16)22-17)21-19(26)12-5-8-23(9-6-12)18-15(24(27)28)2-1-7-20-18/h1-4,7,10,12H,5-6,8-9,11H2,(H,21,26)(H,22,25). The number of rotatable bonds is 4. The molecule has 10 heteroatoms. The van der Waals surface area contributed by atoms with Crippen molar-refractivity contribution < 1.29 is 19.2 Å². The number of anilines is 3. The van der Waals surface area contributed by atoms with Crippen molar-refractivity contribution in [3.63, 3.8) is 0 Å². The van der Waals surface area contributed by atoms with Crippen LogP contribution in [0, 0.1) is 16.0 Å². The monoisotopic (exact) mass is 397 g/mol. The predicted octanol–water partition coefficient (Wildman–Crippen LogP) is 2.18. The quantitative estimate of drug-likeness (QED) is 0.598. The molecule has 2 N–H and O–H groups in total. The first kappa shape index (κ1) is 18.7. The Balaban J connectivity index is 1.38. The lowest BCUT2D eigenvalue weighted by molar-refractivity contribution is -0.384. The molecule has 0 atom stereocenters. The molecule has 1 fully saturated rings. The molecule has 0 radical (unpaired) electrons. The van der Waals surface area contributed by atoms with Gasteiger partial charge in [0.1, 0.15) is 5.75 Å². The molecule has 2 aliphatic rings. The Morgan fingerprint density at radius 2 is 2.10 bits per heavy atom. The summed E-state index contributed by atoms with van der Waals surface area (Å²) in [6.07, 6.45) is 2.65. The summed E-state index contributed by atoms with van der Waals surface area (Å²) in [5.74, 6) is 0.325. The number of ether oxygens (including phenoxy) is 1. The van der Waals surface area contributed by atoms with Crippen LogP contribution >= 0.6 is 0 Å². The van der Waals surface area contributed by atoms with Crippen LogP contribution in [-0.2, 0) is 9.59 Å². The van der Waals surface area contributed by atoms with Crippen LogP contribution in [0.5, 0.6) is 5.75 Å². The molecule has 29 heavy (non-hydrogen) atoms. The second-order valence-electron chi connectivity index (χ2n) is 6.90. The van der Waals surface area contributed by atoms with Gasteiger partial charge in [0.2, 0.25) is 11.7 Å². The van der Waals surface area contributed by atoms with Crippen LogP contribution < -0.4 is 20.3 Å². The van der Waals surface area contributed by atoms with E-state index in [1.807, 2.05) is 4.90 Å². The number of nitrogens with one attached hydrogen (secondary N) is 2. The van der Waals surface area contributed by atoms with Crippen LogP contribution in [0.15, 0.2) is 36.5 Å². The molecule has 1 aromatic heterocycles. The molecule has 2 amide bonds. The van der Waals surface area contributed by atoms with Crippen molar-refractivity contribution in [3.8, 4) is 5.75 Å². The molecule has 3 heterocycles. The number of aromatic nitrogens is 1. The second-order valence-corrected chi connectivity index (χ2v) is 6.90. The number of hydrogen-bond acceptors (Lipinski definition) is 7. The van der Waals surface area contributed by atoms with Gasteiger partial charge in [0, 0.05) is 37.0 Å². The van der Waals surface area contributed by atoms with Gasteiger partial charge in [0.05, 0.1) is 10.6 Å². The topological polar surface area (TPSA) is 127 Å². The fourth-order valence-corrected chi connectivity index (χ4v) is 3.53. The molecule has 0 unspecified atom stereocenters. The Kier molecular flexibility index (Phi) is 4.98. The second kappa shape index (κ2) is 7.74. The van der Waals surface area contributed by atoms with E-state index in [4.69, 9.17) is 4.74 Å². The average Bonchev–Trinajstić information content (AvgIpc) is 2.73. The van der Waals surface area contributed by atoms with Gasteiger partial charge in [-0.15, -0.1) is 0 Å². The minimum atomic E-state index is -0.445. The molecule has 2 aromatic rings. The van der Waals surface area contributed by atoms with E-state index >= 15 is 0 Å². The molecular formula is C19H19N5O5. The Morgan fingerprint density at radius 3 is 2.86 bits per heavy atom. The van der Waals surface area contributed by atoms with E-state index in [1.54, 1.807) is 18.2 Å². The Bertz CT molecular complexity index is 971. The summed E-state index contributed by atoms with van der Waals surface area (Å²) in [6.45, 7) is 0.986. The summed E-state index contributed by atoms with van der Waals surface area (Å²) in [6, 6.07) is 8.05. The van der Waals surface area contributed by atoms with E-state index in [-0.39, 0.29) is 30.0 Å². The minimum Gasteiger partial charge on any atom is -0.482 e. The third-order valence-corrected chi connectivity index (χ3v) is 5.01. The number of piperidine rings is 1. The SMILES string of the molecule is O=C1COc2ccc(NC(=O)C3CCN(c4ncccc4[N+](=O)[O-])CC3)cc2N1. The van der Waals surface area contributed by atoms with Crippen LogP contribution in [0.4, 0.5) is 22.9 Å². The third-order valence-electron chi connectivity index (χ3n) is 5.01. The van der Waals surface area contributed by atoms with Crippen molar-refractivity contribution in [2.24, 2.45) is 5.92 Å². The molecule has 1 saturated heterocycles. The Morgan fingerprint density at radius 1 is 1.31 bits per heavy atom. The molecule has 1 aromatic carbocycles. The number of pyridine rings is 1. The van der Waals surface area contributed by atoms with Gasteiger partial charge in [-0.1, -0.05) is 0 Å². The maximum atomic E-state index is 12.6. The fourth-order valence-electron chi connectivity index (χ4n) is 3.53. The first-order valence-electron chi connectivity index (χ1n) is 9.23. The van der Waals surface area contributed by atoms with E-state index < -0.39 is 4.92 Å². The predicted molar refractivity (Wildman–Crippen MR) is 105 cm³/mol. The number of nitro groups is 1. The summed E-state index contributed by atoms with van der Waals surface area (Å²) in [4.78, 5) is 40.8. The lowest BCUT2D eigenvalue weighted by atomic mass is 9.95. The van der Waals surface area contributed by atoms with Gasteiger partial charge < -0.3 is 20.3 Å². The molecular weight excluding hydrogens is 378 g/mol. The largest absolute Gasteiger partial charge is 0.482 e. The molecule has 2 aliphatic heterocycles. The summed E-state index contributed by atoms with van der Waals surface area (Å²) in [5, 5.41) is 16.8. The maximum absolute atomic E-state index is 12.6. The van der Waals surface area contributed by atoms with Crippen molar-refractivity contribution in [1.82, 2.24) is 4.98 Å². The number of amides is 2. The zero-order valence-corrected chi connectivity index (χ0v) is 15.5. The normalized spacial score (nSPS) is 16.4. The molecule has 4 rings (SSSR count). The highest BCUT2D eigenvalue weighted by atomic mass is 16.6. The summed E-state index contributed by atoms with van der Waals surface area (Å²) >= 11 is 0. The zero-order valence-electron chi connectivity index (χ0n) is 15.5. The first-order chi connectivity index (χ1) is 14.0. The van der Waals surface area contributed by atoms with Gasteiger partial charge in [-0.3, -0.25) is 19.7 Å². The van der Waals surface area contributed by atoms with Crippen molar-refractivity contribution in [2.75, 3.05) is 35.2 Å². The average molecular weight is 397 g/mol. The number of carbonyl (C=O) groups excluding carboxylic acids is 2. The Labute approximate surface area is 166 Å². The highest BCUT2D eigenvalue weighted by Crippen LogP contribution is 2.32. The highest BCUT2D eigenvalue weighted by molar-refractivity contribution is 5.98. The summed E-state index contributed by atoms with van der Waals surface area (Å²) < 4.78 is 5.31. The van der Waals surface area contributed by atoms with E-state index in [0.29, 0.717) is 48.9 Å². The number of hydrogen-bond donors (Lipinski definition) is 2. The molecule has 0 aliphatic carbocycles. The Hall–Kier alpha value is -3.69. The number of nitrogens with zero attached hydrogens (tertiary/aromatic N) is 3. The van der Waals surface area contributed by atoms with Crippen LogP contribution in [0.3, 0.4) is 0 Å². The third kappa shape index (κ3) is 3.96. The number of fused-ring (bicyclic) bond motifs is 1. The molecule has 150 valence electrons. The lowest BCUT2D eigenvalue weighted by Crippen LogP contribution is -2.38. The lowest BCUT2D eigenvalue weighted by Gasteiger charge is -2.31. The van der Waals surface area contributed by atoms with Crippen molar-refractivity contribution in [2.45, 2.75) is 12.8 Å². The number of benzene rings is 1. The van der Waals surface area contributed by atoms with E-state index in [2.05, 4.69) is 15.6 Å². The van der Waals surface area contributed by atoms with Gasteiger partial charge in [0.15, 0.2) is 6.61 Å². The first-order valence-corrected chi connectivity index (χ1v) is 9.23. The highest BCUT2D eigenvalue weighted by Gasteiger charge is 2.29. The van der Waals surface area contributed by atoms with E-state index in [1.165, 1.54) is 18.3 Å². The zero-order chi connectivity index (χ0) is 20.4. The van der Waals surface area contributed by atoms with Crippen LogP contribution in [-0.4, -0.2) is 41.4 Å². The van der Waals surface area contributed by atoms with Crippen LogP contribution in [0.25, 0.3) is 0 Å². The molecule has 0 bridgehead atoms. The maximum Gasteiger partial charge on any atom is 0.311 e. The minimum absolute atomic E-state index is 0.0221. The van der Waals surface area contributed by atoms with Gasteiger partial charge in [-0.25, -0.2) is 4.98 Å². The van der Waals surface area contributed by atoms with Gasteiger partial charge in [-0.2, -0.15) is 0 Å². The van der Waals surface area contributed by atoms with Crippen molar-refractivity contribution in [1.29, 1.82) is 0 Å². The van der Waals surface area contributed by atoms with Crippen LogP contribution in [0.1, 0.15) is 12.8 Å².